The number of amides is 2. The molecule has 3 atom stereocenters. The molecule has 1 saturated carbocycles. The van der Waals surface area contributed by atoms with Crippen LogP contribution in [0.25, 0.3) is 11.1 Å². The minimum Gasteiger partial charge on any atom is -0.480 e. The second-order valence-corrected chi connectivity index (χ2v) is 9.43. The van der Waals surface area contributed by atoms with E-state index in [4.69, 9.17) is 9.47 Å². The minimum absolute atomic E-state index is 0.0156. The number of nitrogens with one attached hydrogen (secondary N) is 1. The number of morpholine rings is 1. The number of hydrogen-bond acceptors (Lipinski definition) is 5. The Morgan fingerprint density at radius 1 is 1.00 bits per heavy atom. The van der Waals surface area contributed by atoms with E-state index in [0.717, 1.165) is 35.1 Å². The lowest BCUT2D eigenvalue weighted by Gasteiger charge is -2.39. The highest BCUT2D eigenvalue weighted by atomic mass is 16.5. The van der Waals surface area contributed by atoms with E-state index in [1.165, 1.54) is 4.90 Å². The molecule has 3 aliphatic rings. The zero-order valence-corrected chi connectivity index (χ0v) is 19.5. The standard InChI is InChI=1S/C27H30N2O6/c30-25(29-13-14-34-16-24(29)26(31)32)21-11-5-6-12-23(21)28-27(33)35-15-22-19-9-3-1-7-17(19)18-8-2-4-10-20(18)22/h1-4,7-10,21-24H,5-6,11-16H2,(H,28,33)(H,31,32). The Balaban J connectivity index is 1.25. The lowest BCUT2D eigenvalue weighted by atomic mass is 9.83. The van der Waals surface area contributed by atoms with E-state index in [9.17, 15) is 19.5 Å². The average molecular weight is 479 g/mol. The Kier molecular flexibility index (Phi) is 6.72. The number of rotatable bonds is 5. The summed E-state index contributed by atoms with van der Waals surface area (Å²) < 4.78 is 11.0. The fourth-order valence-corrected chi connectivity index (χ4v) is 5.68. The smallest absolute Gasteiger partial charge is 0.407 e. The number of ether oxygens (including phenoxy) is 2. The Labute approximate surface area is 204 Å². The summed E-state index contributed by atoms with van der Waals surface area (Å²) in [5.41, 5.74) is 4.60. The Morgan fingerprint density at radius 3 is 2.34 bits per heavy atom. The van der Waals surface area contributed by atoms with Crippen LogP contribution in [0.3, 0.4) is 0 Å². The lowest BCUT2D eigenvalue weighted by Crippen LogP contribution is -2.57. The summed E-state index contributed by atoms with van der Waals surface area (Å²) in [6.45, 7) is 0.741. The second-order valence-electron chi connectivity index (χ2n) is 9.43. The maximum atomic E-state index is 13.3. The molecule has 184 valence electrons. The van der Waals surface area contributed by atoms with Gasteiger partial charge in [0.2, 0.25) is 5.91 Å². The van der Waals surface area contributed by atoms with Gasteiger partial charge in [-0.2, -0.15) is 0 Å². The fourth-order valence-electron chi connectivity index (χ4n) is 5.68. The number of hydrogen-bond donors (Lipinski definition) is 2. The molecule has 2 N–H and O–H groups in total. The summed E-state index contributed by atoms with van der Waals surface area (Å²) in [6, 6.07) is 14.9. The predicted octanol–water partition coefficient (Wildman–Crippen LogP) is 3.40. The first-order chi connectivity index (χ1) is 17.0. The van der Waals surface area contributed by atoms with Crippen LogP contribution < -0.4 is 5.32 Å². The summed E-state index contributed by atoms with van der Waals surface area (Å²) in [5.74, 6) is -1.81. The molecule has 1 saturated heterocycles. The number of carboxylic acid groups (broad SMARTS) is 1. The normalized spacial score (nSPS) is 23.8. The van der Waals surface area contributed by atoms with Crippen molar-refractivity contribution in [3.8, 4) is 11.1 Å². The molecule has 2 aromatic carbocycles. The SMILES string of the molecule is O=C(NC1CCCCC1C(=O)N1CCOCC1C(=O)O)OCC1c2ccccc2-c2ccccc21. The van der Waals surface area contributed by atoms with E-state index in [0.29, 0.717) is 19.4 Å². The fraction of sp³-hybridized carbons (Fsp3) is 0.444. The van der Waals surface area contributed by atoms with Crippen molar-refractivity contribution in [3.63, 3.8) is 0 Å². The van der Waals surface area contributed by atoms with Gasteiger partial charge in [-0.15, -0.1) is 0 Å². The molecular weight excluding hydrogens is 448 g/mol. The number of carbonyl (C=O) groups excluding carboxylic acids is 2. The maximum Gasteiger partial charge on any atom is 0.407 e. The zero-order chi connectivity index (χ0) is 24.4. The molecule has 0 bridgehead atoms. The summed E-state index contributed by atoms with van der Waals surface area (Å²) in [5, 5.41) is 12.4. The van der Waals surface area contributed by atoms with Crippen molar-refractivity contribution < 1.29 is 29.0 Å². The molecule has 0 radical (unpaired) electrons. The van der Waals surface area contributed by atoms with Crippen LogP contribution in [0.5, 0.6) is 0 Å². The van der Waals surface area contributed by atoms with Crippen molar-refractivity contribution in [2.75, 3.05) is 26.4 Å². The van der Waals surface area contributed by atoms with Crippen molar-refractivity contribution in [3.05, 3.63) is 59.7 Å². The van der Waals surface area contributed by atoms with Crippen LogP contribution in [0.2, 0.25) is 0 Å². The van der Waals surface area contributed by atoms with E-state index >= 15 is 0 Å². The number of fused-ring (bicyclic) bond motifs is 3. The van der Waals surface area contributed by atoms with Crippen molar-refractivity contribution in [1.82, 2.24) is 10.2 Å². The maximum absolute atomic E-state index is 13.3. The third kappa shape index (κ3) is 4.62. The summed E-state index contributed by atoms with van der Waals surface area (Å²) in [7, 11) is 0. The first-order valence-corrected chi connectivity index (χ1v) is 12.3. The quantitative estimate of drug-likeness (QED) is 0.683. The largest absolute Gasteiger partial charge is 0.480 e. The average Bonchev–Trinajstić information content (AvgIpc) is 3.21. The van der Waals surface area contributed by atoms with Gasteiger partial charge in [0.15, 0.2) is 6.04 Å². The van der Waals surface area contributed by atoms with Gasteiger partial charge < -0.3 is 24.8 Å². The highest BCUT2D eigenvalue weighted by Gasteiger charge is 2.40. The van der Waals surface area contributed by atoms with Gasteiger partial charge in [-0.25, -0.2) is 9.59 Å². The number of benzene rings is 2. The number of carbonyl (C=O) groups is 3. The molecule has 35 heavy (non-hydrogen) atoms. The van der Waals surface area contributed by atoms with Crippen LogP contribution in [0, 0.1) is 5.92 Å². The van der Waals surface area contributed by atoms with Gasteiger partial charge in [-0.05, 0) is 35.1 Å². The number of aliphatic carboxylic acids is 1. The van der Waals surface area contributed by atoms with Gasteiger partial charge in [-0.1, -0.05) is 61.4 Å². The molecule has 0 aromatic heterocycles. The number of alkyl carbamates (subject to hydrolysis) is 1. The molecule has 1 heterocycles. The monoisotopic (exact) mass is 478 g/mol. The third-order valence-electron chi connectivity index (χ3n) is 7.43. The van der Waals surface area contributed by atoms with E-state index < -0.39 is 24.0 Å². The van der Waals surface area contributed by atoms with E-state index in [1.54, 1.807) is 0 Å². The molecule has 0 spiro atoms. The van der Waals surface area contributed by atoms with Gasteiger partial charge >= 0.3 is 12.1 Å². The Hall–Kier alpha value is -3.39. The highest BCUT2D eigenvalue weighted by Crippen LogP contribution is 2.44. The molecule has 8 heteroatoms. The molecule has 2 fully saturated rings. The van der Waals surface area contributed by atoms with E-state index in [2.05, 4.69) is 29.6 Å². The third-order valence-corrected chi connectivity index (χ3v) is 7.43. The van der Waals surface area contributed by atoms with Crippen molar-refractivity contribution in [2.45, 2.75) is 43.7 Å². The van der Waals surface area contributed by atoms with Crippen LogP contribution in [-0.4, -0.2) is 66.4 Å². The molecular formula is C27H30N2O6. The molecule has 2 aromatic rings. The Bertz CT molecular complexity index is 1070. The summed E-state index contributed by atoms with van der Waals surface area (Å²) in [4.78, 5) is 39.2. The van der Waals surface area contributed by atoms with Gasteiger partial charge in [0.25, 0.3) is 0 Å². The highest BCUT2D eigenvalue weighted by molar-refractivity contribution is 5.86. The van der Waals surface area contributed by atoms with Crippen LogP contribution in [0.1, 0.15) is 42.7 Å². The van der Waals surface area contributed by atoms with Crippen LogP contribution in [0.4, 0.5) is 4.79 Å². The van der Waals surface area contributed by atoms with E-state index in [-0.39, 0.29) is 37.6 Å². The number of nitrogens with zero attached hydrogens (tertiary/aromatic N) is 1. The molecule has 1 aliphatic heterocycles. The summed E-state index contributed by atoms with van der Waals surface area (Å²) >= 11 is 0. The topological polar surface area (TPSA) is 105 Å². The van der Waals surface area contributed by atoms with Crippen LogP contribution >= 0.6 is 0 Å². The van der Waals surface area contributed by atoms with Crippen LogP contribution in [0.15, 0.2) is 48.5 Å². The predicted molar refractivity (Wildman–Crippen MR) is 128 cm³/mol. The van der Waals surface area contributed by atoms with E-state index in [1.807, 2.05) is 24.3 Å². The molecule has 8 nitrogen and oxygen atoms in total. The zero-order valence-electron chi connectivity index (χ0n) is 19.5. The van der Waals surface area contributed by atoms with Gasteiger partial charge in [0.1, 0.15) is 6.61 Å². The van der Waals surface area contributed by atoms with Crippen LogP contribution in [-0.2, 0) is 19.1 Å². The molecule has 2 amide bonds. The Morgan fingerprint density at radius 2 is 1.66 bits per heavy atom. The van der Waals surface area contributed by atoms with Crippen molar-refractivity contribution in [1.29, 1.82) is 0 Å². The number of carboxylic acids is 1. The summed E-state index contributed by atoms with van der Waals surface area (Å²) in [6.07, 6.45) is 2.47. The van der Waals surface area contributed by atoms with Gasteiger partial charge in [0, 0.05) is 18.5 Å². The molecule has 2 aliphatic carbocycles. The van der Waals surface area contributed by atoms with Gasteiger partial charge in [-0.3, -0.25) is 4.79 Å². The molecule has 3 unspecified atom stereocenters. The first kappa shape index (κ1) is 23.4. The second kappa shape index (κ2) is 10.1. The molecule has 5 rings (SSSR count). The van der Waals surface area contributed by atoms with Crippen molar-refractivity contribution >= 4 is 18.0 Å². The van der Waals surface area contributed by atoms with Crippen molar-refractivity contribution in [2.24, 2.45) is 5.92 Å². The first-order valence-electron chi connectivity index (χ1n) is 12.3. The van der Waals surface area contributed by atoms with Gasteiger partial charge in [0.05, 0.1) is 19.1 Å². The minimum atomic E-state index is -1.07. The lowest BCUT2D eigenvalue weighted by molar-refractivity contribution is -0.161.